The lowest BCUT2D eigenvalue weighted by Gasteiger charge is -2.27. The number of benzene rings is 1. The number of hydrogen-bond donors (Lipinski definition) is 2. The van der Waals surface area contributed by atoms with Crippen LogP contribution >= 0.6 is 0 Å². The summed E-state index contributed by atoms with van der Waals surface area (Å²) in [6, 6.07) is 7.69. The molecule has 0 spiro atoms. The average Bonchev–Trinajstić information content (AvgIpc) is 2.51. The summed E-state index contributed by atoms with van der Waals surface area (Å²) in [4.78, 5) is 11.8. The van der Waals surface area contributed by atoms with E-state index in [1.807, 2.05) is 24.3 Å². The third kappa shape index (κ3) is 4.92. The fourth-order valence-electron chi connectivity index (χ4n) is 3.01. The van der Waals surface area contributed by atoms with Crippen molar-refractivity contribution in [1.82, 2.24) is 5.32 Å². The number of amides is 1. The van der Waals surface area contributed by atoms with E-state index in [2.05, 4.69) is 24.1 Å². The van der Waals surface area contributed by atoms with Crippen LogP contribution in [0.25, 0.3) is 0 Å². The molecule has 0 aromatic heterocycles. The van der Waals surface area contributed by atoms with Crippen LogP contribution in [-0.2, 0) is 0 Å². The second-order valence-electron chi connectivity index (χ2n) is 6.09. The highest BCUT2D eigenvalue weighted by molar-refractivity contribution is 5.94. The van der Waals surface area contributed by atoms with Gasteiger partial charge in [-0.25, -0.2) is 0 Å². The highest BCUT2D eigenvalue weighted by Gasteiger charge is 2.18. The fourth-order valence-corrected chi connectivity index (χ4v) is 3.01. The van der Waals surface area contributed by atoms with Gasteiger partial charge in [-0.2, -0.15) is 0 Å². The molecule has 2 rings (SSSR count). The SMILES string of the molecule is C=CCNC(=O)c1ccc(NCC2CCCC(C)C2)cc1. The van der Waals surface area contributed by atoms with Crippen LogP contribution in [-0.4, -0.2) is 19.0 Å². The van der Waals surface area contributed by atoms with Crippen LogP contribution in [0.3, 0.4) is 0 Å². The number of anilines is 1. The Hall–Kier alpha value is -1.77. The standard InChI is InChI=1S/C18H26N2O/c1-3-11-19-18(21)16-7-9-17(10-8-16)20-13-15-6-4-5-14(2)12-15/h3,7-10,14-15,20H,1,4-6,11-13H2,2H3,(H,19,21). The zero-order chi connectivity index (χ0) is 15.1. The summed E-state index contributed by atoms with van der Waals surface area (Å²) >= 11 is 0. The molecule has 21 heavy (non-hydrogen) atoms. The highest BCUT2D eigenvalue weighted by Crippen LogP contribution is 2.28. The molecule has 1 aromatic carbocycles. The first-order chi connectivity index (χ1) is 10.2. The molecule has 1 amide bonds. The van der Waals surface area contributed by atoms with Crippen molar-refractivity contribution in [3.8, 4) is 0 Å². The Kier molecular flexibility index (Phi) is 5.85. The predicted molar refractivity (Wildman–Crippen MR) is 88.6 cm³/mol. The molecule has 3 heteroatoms. The van der Waals surface area contributed by atoms with Crippen molar-refractivity contribution in [2.45, 2.75) is 32.6 Å². The number of hydrogen-bond acceptors (Lipinski definition) is 2. The molecule has 1 aliphatic carbocycles. The van der Waals surface area contributed by atoms with Gasteiger partial charge in [0.2, 0.25) is 0 Å². The van der Waals surface area contributed by atoms with Crippen LogP contribution in [0, 0.1) is 11.8 Å². The first kappa shape index (κ1) is 15.6. The summed E-state index contributed by atoms with van der Waals surface area (Å²) < 4.78 is 0. The van der Waals surface area contributed by atoms with Gasteiger partial charge < -0.3 is 10.6 Å². The highest BCUT2D eigenvalue weighted by atomic mass is 16.1. The lowest BCUT2D eigenvalue weighted by Crippen LogP contribution is -2.23. The Labute approximate surface area is 127 Å². The predicted octanol–water partition coefficient (Wildman–Crippen LogP) is 3.84. The zero-order valence-electron chi connectivity index (χ0n) is 12.9. The van der Waals surface area contributed by atoms with Gasteiger partial charge >= 0.3 is 0 Å². The third-order valence-electron chi connectivity index (χ3n) is 4.19. The smallest absolute Gasteiger partial charge is 0.251 e. The number of rotatable bonds is 6. The van der Waals surface area contributed by atoms with Gasteiger partial charge in [0.15, 0.2) is 0 Å². The van der Waals surface area contributed by atoms with E-state index in [-0.39, 0.29) is 5.91 Å². The van der Waals surface area contributed by atoms with Crippen molar-refractivity contribution >= 4 is 11.6 Å². The molecule has 2 atom stereocenters. The van der Waals surface area contributed by atoms with Gasteiger partial charge in [-0.1, -0.05) is 25.8 Å². The van der Waals surface area contributed by atoms with Crippen LogP contribution in [0.4, 0.5) is 5.69 Å². The van der Waals surface area contributed by atoms with Crippen molar-refractivity contribution in [1.29, 1.82) is 0 Å². The van der Waals surface area contributed by atoms with Crippen molar-refractivity contribution in [2.75, 3.05) is 18.4 Å². The molecule has 1 saturated carbocycles. The van der Waals surface area contributed by atoms with Gasteiger partial charge in [-0.05, 0) is 48.9 Å². The van der Waals surface area contributed by atoms with Gasteiger partial charge in [0.1, 0.15) is 0 Å². The van der Waals surface area contributed by atoms with Gasteiger partial charge in [-0.15, -0.1) is 6.58 Å². The molecule has 114 valence electrons. The van der Waals surface area contributed by atoms with Crippen molar-refractivity contribution < 1.29 is 4.79 Å². The number of nitrogens with one attached hydrogen (secondary N) is 2. The number of carbonyl (C=O) groups excluding carboxylic acids is 1. The molecular formula is C18H26N2O. The van der Waals surface area contributed by atoms with Crippen LogP contribution in [0.2, 0.25) is 0 Å². The molecule has 1 fully saturated rings. The molecule has 2 N–H and O–H groups in total. The molecular weight excluding hydrogens is 260 g/mol. The van der Waals surface area contributed by atoms with Gasteiger partial charge in [0.25, 0.3) is 5.91 Å². The van der Waals surface area contributed by atoms with Crippen LogP contribution in [0.5, 0.6) is 0 Å². The van der Waals surface area contributed by atoms with Gasteiger partial charge in [0.05, 0.1) is 0 Å². The minimum Gasteiger partial charge on any atom is -0.385 e. The Morgan fingerprint density at radius 3 is 2.76 bits per heavy atom. The van der Waals surface area contributed by atoms with Crippen LogP contribution < -0.4 is 10.6 Å². The second-order valence-corrected chi connectivity index (χ2v) is 6.09. The Morgan fingerprint density at radius 1 is 1.33 bits per heavy atom. The minimum absolute atomic E-state index is 0.0532. The maximum atomic E-state index is 11.8. The minimum atomic E-state index is -0.0532. The molecule has 0 radical (unpaired) electrons. The van der Waals surface area contributed by atoms with Crippen LogP contribution in [0.15, 0.2) is 36.9 Å². The lowest BCUT2D eigenvalue weighted by atomic mass is 9.82. The quantitative estimate of drug-likeness (QED) is 0.780. The molecule has 0 aliphatic heterocycles. The number of carbonyl (C=O) groups is 1. The molecule has 1 aliphatic rings. The van der Waals surface area contributed by atoms with E-state index in [1.54, 1.807) is 6.08 Å². The van der Waals surface area contributed by atoms with E-state index >= 15 is 0 Å². The largest absolute Gasteiger partial charge is 0.385 e. The zero-order valence-corrected chi connectivity index (χ0v) is 12.9. The first-order valence-electron chi connectivity index (χ1n) is 7.92. The summed E-state index contributed by atoms with van der Waals surface area (Å²) in [5, 5.41) is 6.28. The van der Waals surface area contributed by atoms with Crippen molar-refractivity contribution in [3.63, 3.8) is 0 Å². The molecule has 0 heterocycles. The molecule has 0 saturated heterocycles. The summed E-state index contributed by atoms with van der Waals surface area (Å²) in [5.41, 5.74) is 1.78. The normalized spacial score (nSPS) is 21.6. The summed E-state index contributed by atoms with van der Waals surface area (Å²) in [5.74, 6) is 1.59. The Bertz CT molecular complexity index is 467. The van der Waals surface area contributed by atoms with E-state index in [0.29, 0.717) is 12.1 Å². The van der Waals surface area contributed by atoms with Gasteiger partial charge in [0, 0.05) is 24.3 Å². The summed E-state index contributed by atoms with van der Waals surface area (Å²) in [6.07, 6.45) is 7.08. The monoisotopic (exact) mass is 286 g/mol. The van der Waals surface area contributed by atoms with E-state index in [1.165, 1.54) is 25.7 Å². The van der Waals surface area contributed by atoms with E-state index in [0.717, 1.165) is 24.1 Å². The molecule has 1 aromatic rings. The molecule has 3 nitrogen and oxygen atoms in total. The fraction of sp³-hybridized carbons (Fsp3) is 0.500. The van der Waals surface area contributed by atoms with E-state index in [4.69, 9.17) is 0 Å². The molecule has 0 bridgehead atoms. The molecule has 2 unspecified atom stereocenters. The van der Waals surface area contributed by atoms with Crippen molar-refractivity contribution in [2.24, 2.45) is 11.8 Å². The Morgan fingerprint density at radius 2 is 2.10 bits per heavy atom. The topological polar surface area (TPSA) is 41.1 Å². The van der Waals surface area contributed by atoms with E-state index < -0.39 is 0 Å². The van der Waals surface area contributed by atoms with Gasteiger partial charge in [-0.3, -0.25) is 4.79 Å². The summed E-state index contributed by atoms with van der Waals surface area (Å²) in [6.45, 7) is 7.47. The maximum absolute atomic E-state index is 11.8. The lowest BCUT2D eigenvalue weighted by molar-refractivity contribution is 0.0958. The van der Waals surface area contributed by atoms with E-state index in [9.17, 15) is 4.79 Å². The third-order valence-corrected chi connectivity index (χ3v) is 4.19. The summed E-state index contributed by atoms with van der Waals surface area (Å²) in [7, 11) is 0. The Balaban J connectivity index is 1.81. The average molecular weight is 286 g/mol. The maximum Gasteiger partial charge on any atom is 0.251 e. The first-order valence-corrected chi connectivity index (χ1v) is 7.92. The second kappa shape index (κ2) is 7.87. The van der Waals surface area contributed by atoms with Crippen molar-refractivity contribution in [3.05, 3.63) is 42.5 Å². The van der Waals surface area contributed by atoms with Crippen LogP contribution in [0.1, 0.15) is 43.0 Å².